The lowest BCUT2D eigenvalue weighted by Crippen LogP contribution is -2.11. The molecule has 0 aliphatic carbocycles. The van der Waals surface area contributed by atoms with E-state index in [1.807, 2.05) is 35.9 Å². The van der Waals surface area contributed by atoms with E-state index in [9.17, 15) is 0 Å². The summed E-state index contributed by atoms with van der Waals surface area (Å²) in [5.74, 6) is 0. The van der Waals surface area contributed by atoms with Gasteiger partial charge in [0.25, 0.3) is 0 Å². The minimum absolute atomic E-state index is 0.584. The molecule has 0 saturated carbocycles. The lowest BCUT2D eigenvalue weighted by molar-refractivity contribution is 0.848. The van der Waals surface area contributed by atoms with Crippen LogP contribution in [0.25, 0.3) is 11.3 Å². The van der Waals surface area contributed by atoms with E-state index in [0.717, 1.165) is 21.6 Å². The van der Waals surface area contributed by atoms with Crippen molar-refractivity contribution in [3.63, 3.8) is 0 Å². The first-order valence-corrected chi connectivity index (χ1v) is 10.3. The molecule has 0 unspecified atom stereocenters. The second-order valence-electron chi connectivity index (χ2n) is 5.08. The molecule has 0 N–H and O–H groups in total. The molecule has 0 amide bonds. The Morgan fingerprint density at radius 3 is 2.52 bits per heavy atom. The van der Waals surface area contributed by atoms with E-state index in [2.05, 4.69) is 28.5 Å². The number of thiazole rings is 1. The molecule has 1 aromatic heterocycles. The first kappa shape index (κ1) is 18.3. The average Bonchev–Trinajstić information content (AvgIpc) is 3.03. The first-order valence-electron chi connectivity index (χ1n) is 7.39. The van der Waals surface area contributed by atoms with Gasteiger partial charge in [0.15, 0.2) is 0 Å². The molecule has 0 aliphatic heterocycles. The average molecular weight is 408 g/mol. The summed E-state index contributed by atoms with van der Waals surface area (Å²) < 4.78 is 1.79. The second-order valence-corrected chi connectivity index (χ2v) is 7.64. The predicted molar refractivity (Wildman–Crippen MR) is 110 cm³/mol. The molecule has 3 rings (SSSR count). The van der Waals surface area contributed by atoms with Crippen LogP contribution in [0.15, 0.2) is 62.8 Å². The Balaban J connectivity index is 2.03. The zero-order valence-corrected chi connectivity index (χ0v) is 16.8. The van der Waals surface area contributed by atoms with E-state index in [1.165, 1.54) is 16.2 Å². The third-order valence-corrected chi connectivity index (χ3v) is 5.72. The lowest BCUT2D eigenvalue weighted by Gasteiger charge is -2.06. The number of nitrogens with zero attached hydrogens (tertiary/aromatic N) is 3. The molecule has 2 aromatic carbocycles. The summed E-state index contributed by atoms with van der Waals surface area (Å²) in [4.78, 5) is 6.31. The molecule has 0 atom stereocenters. The van der Waals surface area contributed by atoms with Crippen LogP contribution >= 0.6 is 46.3 Å². The minimum Gasteiger partial charge on any atom is -0.261 e. The van der Waals surface area contributed by atoms with E-state index in [0.29, 0.717) is 10.0 Å². The summed E-state index contributed by atoms with van der Waals surface area (Å²) >= 11 is 15.6. The highest BCUT2D eigenvalue weighted by Gasteiger charge is 2.11. The highest BCUT2D eigenvalue weighted by Crippen LogP contribution is 2.30. The minimum atomic E-state index is 0.584. The van der Waals surface area contributed by atoms with Crippen molar-refractivity contribution in [3.05, 3.63) is 68.3 Å². The zero-order valence-electron chi connectivity index (χ0n) is 13.6. The SMILES string of the molecule is CN=c1scc(-c2ccc(Cl)cc2Cl)n1/N=C\c1ccc(SC)cc1. The lowest BCUT2D eigenvalue weighted by atomic mass is 10.2. The van der Waals surface area contributed by atoms with Crippen molar-refractivity contribution in [2.75, 3.05) is 13.3 Å². The summed E-state index contributed by atoms with van der Waals surface area (Å²) in [6.07, 6.45) is 3.88. The van der Waals surface area contributed by atoms with E-state index in [4.69, 9.17) is 23.2 Å². The fraction of sp³-hybridized carbons (Fsp3) is 0.111. The van der Waals surface area contributed by atoms with Crippen molar-refractivity contribution in [1.82, 2.24) is 4.68 Å². The molecule has 0 aliphatic rings. The molecule has 3 nitrogen and oxygen atoms in total. The predicted octanol–water partition coefficient (Wildman–Crippen LogP) is 5.66. The molecule has 0 radical (unpaired) electrons. The van der Waals surface area contributed by atoms with Crippen molar-refractivity contribution >= 4 is 52.5 Å². The molecular weight excluding hydrogens is 393 g/mol. The Hall–Kier alpha value is -1.53. The van der Waals surface area contributed by atoms with Gasteiger partial charge in [0.2, 0.25) is 4.80 Å². The van der Waals surface area contributed by atoms with Crippen LogP contribution in [0.1, 0.15) is 5.56 Å². The highest BCUT2D eigenvalue weighted by molar-refractivity contribution is 7.98. The van der Waals surface area contributed by atoms with Crippen LogP contribution in [0.4, 0.5) is 0 Å². The van der Waals surface area contributed by atoms with Crippen molar-refractivity contribution in [2.24, 2.45) is 10.1 Å². The normalized spacial score (nSPS) is 12.2. The third kappa shape index (κ3) is 4.18. The Bertz CT molecular complexity index is 973. The summed E-state index contributed by atoms with van der Waals surface area (Å²) in [6, 6.07) is 13.7. The van der Waals surface area contributed by atoms with Gasteiger partial charge in [-0.25, -0.2) is 4.68 Å². The van der Waals surface area contributed by atoms with Crippen molar-refractivity contribution in [1.29, 1.82) is 0 Å². The molecule has 3 aromatic rings. The van der Waals surface area contributed by atoms with Gasteiger partial charge in [0, 0.05) is 27.9 Å². The Morgan fingerprint density at radius 1 is 1.12 bits per heavy atom. The number of thioether (sulfide) groups is 1. The Kier molecular flexibility index (Phi) is 6.02. The highest BCUT2D eigenvalue weighted by atomic mass is 35.5. The van der Waals surface area contributed by atoms with Gasteiger partial charge in [0.1, 0.15) is 0 Å². The van der Waals surface area contributed by atoms with Crippen LogP contribution in [0.2, 0.25) is 10.0 Å². The standard InChI is InChI=1S/C18H15Cl2N3S2/c1-21-18-23(22-10-12-3-6-14(24-2)7-4-12)17(11-25-18)15-8-5-13(19)9-16(15)20/h3-11H,1-2H3/b21-18?,22-10-. The van der Waals surface area contributed by atoms with Crippen molar-refractivity contribution < 1.29 is 0 Å². The molecule has 0 bridgehead atoms. The molecule has 25 heavy (non-hydrogen) atoms. The summed E-state index contributed by atoms with van der Waals surface area (Å²) in [5.41, 5.74) is 2.77. The molecule has 0 fully saturated rings. The summed E-state index contributed by atoms with van der Waals surface area (Å²) in [6.45, 7) is 0. The van der Waals surface area contributed by atoms with Crippen LogP contribution in [-0.4, -0.2) is 24.2 Å². The number of benzene rings is 2. The van der Waals surface area contributed by atoms with Crippen molar-refractivity contribution in [3.8, 4) is 11.3 Å². The maximum atomic E-state index is 6.36. The second kappa shape index (κ2) is 8.23. The topological polar surface area (TPSA) is 29.6 Å². The monoisotopic (exact) mass is 407 g/mol. The third-order valence-electron chi connectivity index (χ3n) is 3.52. The van der Waals surface area contributed by atoms with Crippen LogP contribution in [0.3, 0.4) is 0 Å². The fourth-order valence-electron chi connectivity index (χ4n) is 2.26. The molecule has 1 heterocycles. The number of hydrogen-bond donors (Lipinski definition) is 0. The van der Waals surface area contributed by atoms with Gasteiger partial charge < -0.3 is 0 Å². The van der Waals surface area contributed by atoms with Crippen LogP contribution in [0, 0.1) is 0 Å². The van der Waals surface area contributed by atoms with E-state index >= 15 is 0 Å². The molecule has 7 heteroatoms. The van der Waals surface area contributed by atoms with Gasteiger partial charge in [-0.3, -0.25) is 4.99 Å². The Labute approximate surface area is 164 Å². The van der Waals surface area contributed by atoms with Crippen LogP contribution in [-0.2, 0) is 0 Å². The fourth-order valence-corrected chi connectivity index (χ4v) is 3.97. The van der Waals surface area contributed by atoms with E-state index in [-0.39, 0.29) is 0 Å². The first-order chi connectivity index (χ1) is 12.1. The number of aromatic nitrogens is 1. The molecule has 0 saturated heterocycles. The van der Waals surface area contributed by atoms with Crippen molar-refractivity contribution in [2.45, 2.75) is 4.90 Å². The molecule has 128 valence electrons. The van der Waals surface area contributed by atoms with Gasteiger partial charge in [-0.2, -0.15) is 5.10 Å². The number of rotatable bonds is 4. The van der Waals surface area contributed by atoms with Gasteiger partial charge in [-0.05, 0) is 42.2 Å². The van der Waals surface area contributed by atoms with E-state index in [1.54, 1.807) is 29.6 Å². The number of halogens is 2. The van der Waals surface area contributed by atoms with Gasteiger partial charge in [-0.1, -0.05) is 35.3 Å². The van der Waals surface area contributed by atoms with Gasteiger partial charge in [0.05, 0.1) is 16.9 Å². The molecular formula is C18H15Cl2N3S2. The zero-order chi connectivity index (χ0) is 17.8. The van der Waals surface area contributed by atoms with E-state index < -0.39 is 0 Å². The van der Waals surface area contributed by atoms with Gasteiger partial charge >= 0.3 is 0 Å². The quantitative estimate of drug-likeness (QED) is 0.405. The largest absolute Gasteiger partial charge is 0.261 e. The summed E-state index contributed by atoms with van der Waals surface area (Å²) in [5, 5.41) is 7.79. The maximum absolute atomic E-state index is 6.36. The Morgan fingerprint density at radius 2 is 1.88 bits per heavy atom. The maximum Gasteiger partial charge on any atom is 0.205 e. The number of hydrogen-bond acceptors (Lipinski definition) is 4. The van der Waals surface area contributed by atoms with Crippen LogP contribution < -0.4 is 4.80 Å². The molecule has 0 spiro atoms. The van der Waals surface area contributed by atoms with Crippen LogP contribution in [0.5, 0.6) is 0 Å². The summed E-state index contributed by atoms with van der Waals surface area (Å²) in [7, 11) is 1.75. The van der Waals surface area contributed by atoms with Gasteiger partial charge in [-0.15, -0.1) is 23.1 Å². The smallest absolute Gasteiger partial charge is 0.205 e.